The van der Waals surface area contributed by atoms with Crippen molar-refractivity contribution in [2.45, 2.75) is 4.90 Å². The Labute approximate surface area is 150 Å². The van der Waals surface area contributed by atoms with Crippen LogP contribution in [0.5, 0.6) is 11.5 Å². The van der Waals surface area contributed by atoms with Gasteiger partial charge in [0.15, 0.2) is 5.75 Å². The predicted octanol–water partition coefficient (Wildman–Crippen LogP) is 2.71. The third-order valence-corrected chi connectivity index (χ3v) is 4.59. The SMILES string of the molecule is NS(=O)(=O)c1cc(C(=O)O)cc(N2C=CC=CC2)c1Oc1ccccc1. The number of carboxylic acid groups (broad SMARTS) is 1. The van der Waals surface area contributed by atoms with Gasteiger partial charge in [-0.25, -0.2) is 18.4 Å². The van der Waals surface area contributed by atoms with Crippen molar-refractivity contribution < 1.29 is 23.1 Å². The van der Waals surface area contributed by atoms with Gasteiger partial charge in [-0.3, -0.25) is 0 Å². The van der Waals surface area contributed by atoms with Crippen molar-refractivity contribution in [1.82, 2.24) is 0 Å². The molecule has 0 saturated heterocycles. The zero-order valence-electron chi connectivity index (χ0n) is 13.6. The third kappa shape index (κ3) is 3.76. The van der Waals surface area contributed by atoms with Gasteiger partial charge in [-0.1, -0.05) is 30.4 Å². The highest BCUT2D eigenvalue weighted by Crippen LogP contribution is 2.39. The molecule has 1 heterocycles. The zero-order chi connectivity index (χ0) is 18.7. The van der Waals surface area contributed by atoms with E-state index in [1.807, 2.05) is 12.2 Å². The van der Waals surface area contributed by atoms with Crippen LogP contribution in [0.15, 0.2) is 71.8 Å². The van der Waals surface area contributed by atoms with Crippen LogP contribution in [-0.4, -0.2) is 26.0 Å². The molecule has 134 valence electrons. The van der Waals surface area contributed by atoms with E-state index < -0.39 is 16.0 Å². The highest BCUT2D eigenvalue weighted by Gasteiger charge is 2.25. The summed E-state index contributed by atoms with van der Waals surface area (Å²) >= 11 is 0. The number of sulfonamides is 1. The highest BCUT2D eigenvalue weighted by atomic mass is 32.2. The van der Waals surface area contributed by atoms with Crippen LogP contribution in [0.1, 0.15) is 10.4 Å². The van der Waals surface area contributed by atoms with Gasteiger partial charge in [-0.05, 0) is 30.3 Å². The van der Waals surface area contributed by atoms with Gasteiger partial charge >= 0.3 is 5.97 Å². The normalized spacial score (nSPS) is 13.7. The fourth-order valence-electron chi connectivity index (χ4n) is 2.49. The fourth-order valence-corrected chi connectivity index (χ4v) is 3.19. The summed E-state index contributed by atoms with van der Waals surface area (Å²) in [6.45, 7) is 0.425. The fraction of sp³-hybridized carbons (Fsp3) is 0.0556. The van der Waals surface area contributed by atoms with Crippen LogP contribution in [0.3, 0.4) is 0 Å². The molecule has 3 N–H and O–H groups in total. The van der Waals surface area contributed by atoms with Crippen LogP contribution in [-0.2, 0) is 10.0 Å². The van der Waals surface area contributed by atoms with E-state index in [0.717, 1.165) is 6.07 Å². The molecule has 2 aromatic rings. The Kier molecular flexibility index (Phi) is 4.79. The van der Waals surface area contributed by atoms with Crippen LogP contribution in [0.25, 0.3) is 0 Å². The molecule has 3 rings (SSSR count). The van der Waals surface area contributed by atoms with Crippen molar-refractivity contribution in [2.24, 2.45) is 5.14 Å². The zero-order valence-corrected chi connectivity index (χ0v) is 14.4. The number of hydrogen-bond acceptors (Lipinski definition) is 5. The number of carboxylic acids is 1. The Bertz CT molecular complexity index is 998. The van der Waals surface area contributed by atoms with Crippen molar-refractivity contribution in [3.8, 4) is 11.5 Å². The summed E-state index contributed by atoms with van der Waals surface area (Å²) in [5.41, 5.74) is 0.0887. The molecule has 0 unspecified atom stereocenters. The van der Waals surface area contributed by atoms with E-state index in [9.17, 15) is 18.3 Å². The summed E-state index contributed by atoms with van der Waals surface area (Å²) in [6.07, 6.45) is 7.12. The van der Waals surface area contributed by atoms with Crippen molar-refractivity contribution in [3.05, 3.63) is 72.5 Å². The van der Waals surface area contributed by atoms with E-state index in [1.165, 1.54) is 6.07 Å². The van der Waals surface area contributed by atoms with Gasteiger partial charge < -0.3 is 14.7 Å². The van der Waals surface area contributed by atoms with Crippen LogP contribution in [0.2, 0.25) is 0 Å². The molecule has 1 aliphatic heterocycles. The number of allylic oxidation sites excluding steroid dienone is 2. The minimum atomic E-state index is -4.23. The van der Waals surface area contributed by atoms with Crippen molar-refractivity contribution >= 4 is 21.7 Å². The molecule has 0 aliphatic carbocycles. The number of ether oxygens (including phenoxy) is 1. The maximum atomic E-state index is 12.1. The quantitative estimate of drug-likeness (QED) is 0.835. The Morgan fingerprint density at radius 1 is 1.15 bits per heavy atom. The summed E-state index contributed by atoms with van der Waals surface area (Å²) in [7, 11) is -4.23. The first kappa shape index (κ1) is 17.7. The van der Waals surface area contributed by atoms with Crippen molar-refractivity contribution in [1.29, 1.82) is 0 Å². The smallest absolute Gasteiger partial charge is 0.335 e. The Morgan fingerprint density at radius 2 is 1.88 bits per heavy atom. The van der Waals surface area contributed by atoms with Crippen molar-refractivity contribution in [3.63, 3.8) is 0 Å². The number of hydrogen-bond donors (Lipinski definition) is 2. The number of para-hydroxylation sites is 1. The second kappa shape index (κ2) is 7.03. The summed E-state index contributed by atoms with van der Waals surface area (Å²) in [6, 6.07) is 10.9. The molecule has 1 aliphatic rings. The molecule has 8 heteroatoms. The molecule has 0 radical (unpaired) electrons. The standard InChI is InChI=1S/C18H16N2O5S/c19-26(23,24)16-12-13(18(21)22)11-15(20-9-5-2-6-10-20)17(16)25-14-7-3-1-4-8-14/h1-9,11-12H,10H2,(H,21,22)(H2,19,23,24). The third-order valence-electron chi connectivity index (χ3n) is 3.68. The average molecular weight is 372 g/mol. The van der Waals surface area contributed by atoms with Gasteiger partial charge in [-0.15, -0.1) is 0 Å². The topological polar surface area (TPSA) is 110 Å². The average Bonchev–Trinajstić information content (AvgIpc) is 2.62. The number of anilines is 1. The summed E-state index contributed by atoms with van der Waals surface area (Å²) in [4.78, 5) is 12.7. The monoisotopic (exact) mass is 372 g/mol. The van der Waals surface area contributed by atoms with Crippen LogP contribution in [0.4, 0.5) is 5.69 Å². The predicted molar refractivity (Wildman–Crippen MR) is 96.9 cm³/mol. The van der Waals surface area contributed by atoms with E-state index in [-0.39, 0.29) is 16.2 Å². The summed E-state index contributed by atoms with van der Waals surface area (Å²) in [5.74, 6) is -0.888. The molecule has 0 spiro atoms. The number of benzene rings is 2. The van der Waals surface area contributed by atoms with E-state index in [1.54, 1.807) is 47.5 Å². The molecule has 0 atom stereocenters. The Morgan fingerprint density at radius 3 is 2.46 bits per heavy atom. The van der Waals surface area contributed by atoms with Gasteiger partial charge in [0.2, 0.25) is 10.0 Å². The molecular formula is C18H16N2O5S. The number of primary sulfonamides is 1. The molecule has 0 amide bonds. The number of rotatable bonds is 5. The van der Waals surface area contributed by atoms with E-state index in [4.69, 9.17) is 9.88 Å². The molecule has 2 aromatic carbocycles. The van der Waals surface area contributed by atoms with Crippen LogP contribution in [0, 0.1) is 0 Å². The molecule has 0 aromatic heterocycles. The molecule has 26 heavy (non-hydrogen) atoms. The van der Waals surface area contributed by atoms with Gasteiger partial charge in [0.1, 0.15) is 10.6 Å². The van der Waals surface area contributed by atoms with Gasteiger partial charge in [0, 0.05) is 12.7 Å². The first-order valence-corrected chi connectivity index (χ1v) is 9.18. The maximum Gasteiger partial charge on any atom is 0.335 e. The lowest BCUT2D eigenvalue weighted by atomic mass is 10.1. The van der Waals surface area contributed by atoms with E-state index in [0.29, 0.717) is 18.0 Å². The number of carbonyl (C=O) groups is 1. The molecule has 0 saturated carbocycles. The van der Waals surface area contributed by atoms with Gasteiger partial charge in [-0.2, -0.15) is 0 Å². The minimum absolute atomic E-state index is 0.0244. The van der Waals surface area contributed by atoms with Crippen molar-refractivity contribution in [2.75, 3.05) is 11.4 Å². The minimum Gasteiger partial charge on any atom is -0.478 e. The van der Waals surface area contributed by atoms with Crippen LogP contribution < -0.4 is 14.8 Å². The first-order chi connectivity index (χ1) is 12.4. The molecule has 0 fully saturated rings. The Balaban J connectivity index is 2.24. The molecular weight excluding hydrogens is 356 g/mol. The number of nitrogens with two attached hydrogens (primary N) is 1. The first-order valence-electron chi connectivity index (χ1n) is 7.63. The summed E-state index contributed by atoms with van der Waals surface area (Å²) in [5, 5.41) is 14.7. The lowest BCUT2D eigenvalue weighted by Gasteiger charge is -2.25. The second-order valence-corrected chi connectivity index (χ2v) is 7.04. The van der Waals surface area contributed by atoms with Gasteiger partial charge in [0.05, 0.1) is 11.3 Å². The lowest BCUT2D eigenvalue weighted by Crippen LogP contribution is -2.21. The molecule has 0 bridgehead atoms. The van der Waals surface area contributed by atoms with Crippen LogP contribution >= 0.6 is 0 Å². The van der Waals surface area contributed by atoms with Gasteiger partial charge in [0.25, 0.3) is 0 Å². The molecule has 7 nitrogen and oxygen atoms in total. The lowest BCUT2D eigenvalue weighted by molar-refractivity contribution is 0.0696. The maximum absolute atomic E-state index is 12.1. The van der Waals surface area contributed by atoms with E-state index >= 15 is 0 Å². The highest BCUT2D eigenvalue weighted by molar-refractivity contribution is 7.89. The largest absolute Gasteiger partial charge is 0.478 e. The number of aromatic carboxylic acids is 1. The number of nitrogens with zero attached hydrogens (tertiary/aromatic N) is 1. The summed E-state index contributed by atoms with van der Waals surface area (Å²) < 4.78 is 30.0. The van der Waals surface area contributed by atoms with E-state index in [2.05, 4.69) is 0 Å². The second-order valence-electron chi connectivity index (χ2n) is 5.51. The Hall–Kier alpha value is -3.10.